The third kappa shape index (κ3) is 7.16. The van der Waals surface area contributed by atoms with Gasteiger partial charge in [-0.1, -0.05) is 133 Å². The largest absolute Gasteiger partial charge is 0.304 e. The van der Waals surface area contributed by atoms with Crippen LogP contribution in [0.25, 0.3) is 27.8 Å². The van der Waals surface area contributed by atoms with E-state index in [1.54, 1.807) is 7.05 Å². The smallest absolute Gasteiger partial charge is 0.0418 e. The quantitative estimate of drug-likeness (QED) is 0.206. The summed E-state index contributed by atoms with van der Waals surface area (Å²) in [6, 6.07) is 46.6. The van der Waals surface area contributed by atoms with Gasteiger partial charge in [0.1, 0.15) is 0 Å². The standard InChI is InChI=1S/C33H25Cl.C2H5N/c34-32-23-30(28-19-17-27(18-20-28)26-12-6-2-7-13-26)22-31(24-32)33(29-14-8-3-9-15-29)21-16-25-10-4-1-5-11-25;1-3-2/h1-15,17-24H,16H2;1H2,2H3/b33-21-;. The second-order valence-electron chi connectivity index (χ2n) is 8.66. The van der Waals surface area contributed by atoms with Gasteiger partial charge in [0, 0.05) is 12.1 Å². The van der Waals surface area contributed by atoms with Crippen LogP contribution in [0.4, 0.5) is 0 Å². The molecule has 1 nitrogen and oxygen atoms in total. The summed E-state index contributed by atoms with van der Waals surface area (Å²) in [4.78, 5) is 3.25. The van der Waals surface area contributed by atoms with Crippen LogP contribution in [-0.2, 0) is 6.42 Å². The fourth-order valence-corrected chi connectivity index (χ4v) is 4.49. The van der Waals surface area contributed by atoms with Crippen LogP contribution < -0.4 is 0 Å². The zero-order valence-electron chi connectivity index (χ0n) is 21.0. The highest BCUT2D eigenvalue weighted by molar-refractivity contribution is 6.31. The van der Waals surface area contributed by atoms with E-state index < -0.39 is 0 Å². The molecule has 0 unspecified atom stereocenters. The molecule has 0 aliphatic heterocycles. The SMILES string of the molecule is C=NC.Clc1cc(/C(=C\Cc2ccccc2)c2ccccc2)cc(-c2ccc(-c3ccccc3)cc2)c1. The predicted octanol–water partition coefficient (Wildman–Crippen LogP) is 9.67. The van der Waals surface area contributed by atoms with E-state index in [0.29, 0.717) is 0 Å². The molecule has 182 valence electrons. The summed E-state index contributed by atoms with van der Waals surface area (Å²) in [7, 11) is 1.64. The molecule has 5 aromatic rings. The molecule has 0 spiro atoms. The molecular formula is C35H30ClN. The van der Waals surface area contributed by atoms with E-state index >= 15 is 0 Å². The van der Waals surface area contributed by atoms with Gasteiger partial charge in [-0.2, -0.15) is 0 Å². The van der Waals surface area contributed by atoms with Gasteiger partial charge < -0.3 is 4.99 Å². The van der Waals surface area contributed by atoms with Crippen molar-refractivity contribution in [3.8, 4) is 22.3 Å². The first-order chi connectivity index (χ1) is 18.2. The second-order valence-corrected chi connectivity index (χ2v) is 9.10. The number of aliphatic imine (C=N–C) groups is 1. The van der Waals surface area contributed by atoms with Gasteiger partial charge in [-0.15, -0.1) is 0 Å². The van der Waals surface area contributed by atoms with Gasteiger partial charge in [0.15, 0.2) is 0 Å². The number of rotatable bonds is 6. The van der Waals surface area contributed by atoms with E-state index in [4.69, 9.17) is 11.6 Å². The Morgan fingerprint density at radius 3 is 1.70 bits per heavy atom. The van der Waals surface area contributed by atoms with Gasteiger partial charge in [0.2, 0.25) is 0 Å². The number of nitrogens with zero attached hydrogens (tertiary/aromatic N) is 1. The zero-order valence-corrected chi connectivity index (χ0v) is 21.8. The van der Waals surface area contributed by atoms with Crippen LogP contribution in [0.5, 0.6) is 0 Å². The summed E-state index contributed by atoms with van der Waals surface area (Å²) in [6.07, 6.45) is 3.16. The van der Waals surface area contributed by atoms with Gasteiger partial charge >= 0.3 is 0 Å². The molecule has 0 aliphatic rings. The average Bonchev–Trinajstić information content (AvgIpc) is 2.95. The molecule has 2 heteroatoms. The molecule has 5 aromatic carbocycles. The molecule has 0 bridgehead atoms. The minimum absolute atomic E-state index is 0.737. The minimum atomic E-state index is 0.737. The number of halogens is 1. The van der Waals surface area contributed by atoms with Gasteiger partial charge in [0.05, 0.1) is 0 Å². The van der Waals surface area contributed by atoms with Crippen molar-refractivity contribution in [3.05, 3.63) is 161 Å². The third-order valence-electron chi connectivity index (χ3n) is 6.00. The maximum atomic E-state index is 6.65. The highest BCUT2D eigenvalue weighted by atomic mass is 35.5. The Morgan fingerprint density at radius 1 is 0.622 bits per heavy atom. The van der Waals surface area contributed by atoms with Crippen LogP contribution in [0.1, 0.15) is 16.7 Å². The van der Waals surface area contributed by atoms with Gasteiger partial charge in [-0.05, 0) is 75.9 Å². The van der Waals surface area contributed by atoms with Crippen LogP contribution >= 0.6 is 11.6 Å². The normalized spacial score (nSPS) is 10.8. The van der Waals surface area contributed by atoms with Crippen molar-refractivity contribution in [1.29, 1.82) is 0 Å². The van der Waals surface area contributed by atoms with Gasteiger partial charge in [-0.25, -0.2) is 0 Å². The first-order valence-electron chi connectivity index (χ1n) is 12.3. The summed E-state index contributed by atoms with van der Waals surface area (Å²) < 4.78 is 0. The molecule has 37 heavy (non-hydrogen) atoms. The molecule has 0 heterocycles. The molecule has 0 N–H and O–H groups in total. The third-order valence-corrected chi connectivity index (χ3v) is 6.22. The molecule has 0 fully saturated rings. The fraction of sp³-hybridized carbons (Fsp3) is 0.0571. The van der Waals surface area contributed by atoms with Crippen molar-refractivity contribution in [1.82, 2.24) is 0 Å². The maximum Gasteiger partial charge on any atom is 0.0418 e. The van der Waals surface area contributed by atoms with E-state index in [1.807, 2.05) is 12.1 Å². The lowest BCUT2D eigenvalue weighted by Crippen LogP contribution is -1.92. The van der Waals surface area contributed by atoms with E-state index in [0.717, 1.165) is 28.1 Å². The van der Waals surface area contributed by atoms with E-state index in [1.165, 1.54) is 27.8 Å². The highest BCUT2D eigenvalue weighted by Gasteiger charge is 2.10. The van der Waals surface area contributed by atoms with Gasteiger partial charge in [0.25, 0.3) is 0 Å². The highest BCUT2D eigenvalue weighted by Crippen LogP contribution is 2.32. The number of benzene rings is 5. The van der Waals surface area contributed by atoms with E-state index in [9.17, 15) is 0 Å². The first kappa shape index (κ1) is 25.9. The van der Waals surface area contributed by atoms with Crippen molar-refractivity contribution >= 4 is 23.9 Å². The monoisotopic (exact) mass is 499 g/mol. The predicted molar refractivity (Wildman–Crippen MR) is 161 cm³/mol. The molecule has 0 saturated heterocycles. The molecule has 0 atom stereocenters. The maximum absolute atomic E-state index is 6.65. The van der Waals surface area contributed by atoms with Crippen LogP contribution in [-0.4, -0.2) is 13.8 Å². The summed E-state index contributed by atoms with van der Waals surface area (Å²) in [5.74, 6) is 0. The Kier molecular flexibility index (Phi) is 9.23. The van der Waals surface area contributed by atoms with E-state index in [2.05, 4.69) is 139 Å². The molecule has 5 rings (SSSR count). The van der Waals surface area contributed by atoms with Crippen LogP contribution in [0, 0.1) is 0 Å². The lowest BCUT2D eigenvalue weighted by molar-refractivity contribution is 1.27. The van der Waals surface area contributed by atoms with Crippen LogP contribution in [0.3, 0.4) is 0 Å². The molecule has 0 aromatic heterocycles. The average molecular weight is 500 g/mol. The first-order valence-corrected chi connectivity index (χ1v) is 12.7. The summed E-state index contributed by atoms with van der Waals surface area (Å²) in [6.45, 7) is 3.11. The minimum Gasteiger partial charge on any atom is -0.304 e. The van der Waals surface area contributed by atoms with Crippen molar-refractivity contribution in [2.24, 2.45) is 4.99 Å². The van der Waals surface area contributed by atoms with Crippen molar-refractivity contribution < 1.29 is 0 Å². The lowest BCUT2D eigenvalue weighted by Gasteiger charge is -2.13. The van der Waals surface area contributed by atoms with Crippen molar-refractivity contribution in [2.45, 2.75) is 6.42 Å². The summed E-state index contributed by atoms with van der Waals surface area (Å²) in [5.41, 5.74) is 9.48. The Bertz CT molecular complexity index is 1440. The van der Waals surface area contributed by atoms with Gasteiger partial charge in [-0.3, -0.25) is 0 Å². The molecule has 0 aliphatic carbocycles. The van der Waals surface area contributed by atoms with Crippen LogP contribution in [0.15, 0.2) is 145 Å². The summed E-state index contributed by atoms with van der Waals surface area (Å²) in [5, 5.41) is 0.737. The fourth-order valence-electron chi connectivity index (χ4n) is 4.25. The number of hydrogen-bond donors (Lipinski definition) is 0. The lowest BCUT2D eigenvalue weighted by atomic mass is 9.92. The molecule has 0 saturated carbocycles. The number of hydrogen-bond acceptors (Lipinski definition) is 1. The summed E-state index contributed by atoms with van der Waals surface area (Å²) >= 11 is 6.65. The van der Waals surface area contributed by atoms with Crippen LogP contribution in [0.2, 0.25) is 5.02 Å². The molecule has 0 radical (unpaired) electrons. The Morgan fingerprint density at radius 2 is 1.11 bits per heavy atom. The molecular weight excluding hydrogens is 470 g/mol. The molecule has 0 amide bonds. The Hall–Kier alpha value is -4.20. The van der Waals surface area contributed by atoms with Crippen molar-refractivity contribution in [3.63, 3.8) is 0 Å². The Balaban J connectivity index is 0.00000102. The topological polar surface area (TPSA) is 12.4 Å². The second kappa shape index (κ2) is 13.2. The Labute approximate surface area is 225 Å². The van der Waals surface area contributed by atoms with E-state index in [-0.39, 0.29) is 0 Å². The zero-order chi connectivity index (χ0) is 25.9. The number of allylic oxidation sites excluding steroid dienone is 1. The van der Waals surface area contributed by atoms with Crippen molar-refractivity contribution in [2.75, 3.05) is 7.05 Å².